The van der Waals surface area contributed by atoms with Crippen LogP contribution in [0, 0.1) is 12.3 Å². The van der Waals surface area contributed by atoms with Crippen molar-refractivity contribution in [2.24, 2.45) is 5.41 Å². The maximum atomic E-state index is 8.70. The fraction of sp³-hybridized carbons (Fsp3) is 0.474. The number of anilines is 1. The first-order valence-corrected chi connectivity index (χ1v) is 7.69. The maximum absolute atomic E-state index is 8.70. The Kier molecular flexibility index (Phi) is 2.88. The summed E-state index contributed by atoms with van der Waals surface area (Å²) in [7, 11) is 0. The highest BCUT2D eigenvalue weighted by Gasteiger charge is 2.46. The van der Waals surface area contributed by atoms with Crippen molar-refractivity contribution in [3.8, 4) is 0 Å². The van der Waals surface area contributed by atoms with Gasteiger partial charge in [0.15, 0.2) is 0 Å². The summed E-state index contributed by atoms with van der Waals surface area (Å²) in [6.45, 7) is 13.1. The molecule has 0 fully saturated rings. The van der Waals surface area contributed by atoms with Crippen LogP contribution in [0.25, 0.3) is 0 Å². The lowest BCUT2D eigenvalue weighted by atomic mass is 9.89. The molecule has 3 rings (SSSR count). The van der Waals surface area contributed by atoms with Crippen LogP contribution in [0.2, 0.25) is 0 Å². The Morgan fingerprint density at radius 1 is 1.14 bits per heavy atom. The summed E-state index contributed by atoms with van der Waals surface area (Å²) in [5.41, 5.74) is 4.96. The van der Waals surface area contributed by atoms with Crippen LogP contribution >= 0.6 is 0 Å². The summed E-state index contributed by atoms with van der Waals surface area (Å²) in [5, 5.41) is 0. The first-order chi connectivity index (χ1) is 10.1. The van der Waals surface area contributed by atoms with Gasteiger partial charge in [0.2, 0.25) is 0 Å². The predicted molar refractivity (Wildman–Crippen MR) is 90.0 cm³/mol. The minimum Gasteiger partial charge on any atom is -0.343 e. The van der Waals surface area contributed by atoms with Crippen molar-refractivity contribution in [3.05, 3.63) is 53.4 Å². The van der Waals surface area contributed by atoms with Gasteiger partial charge in [-0.2, -0.15) is 0 Å². The van der Waals surface area contributed by atoms with E-state index in [1.165, 1.54) is 22.6 Å². The van der Waals surface area contributed by atoms with Gasteiger partial charge in [0.25, 0.3) is 0 Å². The molecule has 0 spiro atoms. The molecule has 2 aliphatic heterocycles. The quantitative estimate of drug-likeness (QED) is 0.738. The summed E-state index contributed by atoms with van der Waals surface area (Å²) < 4.78 is 8.70. The van der Waals surface area contributed by atoms with Gasteiger partial charge in [-0.25, -0.2) is 0 Å². The van der Waals surface area contributed by atoms with E-state index in [0.717, 1.165) is 0 Å². The standard InChI is InChI=1S/C19H26N2/c1-13-9-7-8-10-16(13)21-15(3)17-12-11-14(2)20(17)18(21)19(4,5)6/h7-12,14,18H,1-6H3/i14D. The van der Waals surface area contributed by atoms with Crippen molar-refractivity contribution in [1.82, 2.24) is 4.90 Å². The molecule has 112 valence electrons. The second-order valence-electron chi connectivity index (χ2n) is 7.21. The molecule has 2 atom stereocenters. The van der Waals surface area contributed by atoms with Gasteiger partial charge in [-0.15, -0.1) is 0 Å². The number of fused-ring (bicyclic) bond motifs is 1. The van der Waals surface area contributed by atoms with E-state index < -0.39 is 6.02 Å². The Hall–Kier alpha value is -1.70. The van der Waals surface area contributed by atoms with Gasteiger partial charge in [-0.05, 0) is 38.5 Å². The van der Waals surface area contributed by atoms with Gasteiger partial charge >= 0.3 is 0 Å². The monoisotopic (exact) mass is 283 g/mol. The predicted octanol–water partition coefficient (Wildman–Crippen LogP) is 4.68. The normalized spacial score (nSPS) is 29.2. The molecule has 0 radical (unpaired) electrons. The molecule has 1 aromatic rings. The Morgan fingerprint density at radius 2 is 1.81 bits per heavy atom. The Labute approximate surface area is 130 Å². The molecule has 0 saturated heterocycles. The Morgan fingerprint density at radius 3 is 2.43 bits per heavy atom. The summed E-state index contributed by atoms with van der Waals surface area (Å²) >= 11 is 0. The van der Waals surface area contributed by atoms with Gasteiger partial charge in [-0.1, -0.05) is 45.0 Å². The molecule has 2 unspecified atom stereocenters. The van der Waals surface area contributed by atoms with Crippen molar-refractivity contribution >= 4 is 5.69 Å². The van der Waals surface area contributed by atoms with E-state index in [1.54, 1.807) is 0 Å². The third-order valence-electron chi connectivity index (χ3n) is 4.49. The highest BCUT2D eigenvalue weighted by atomic mass is 15.4. The number of hydrogen-bond acceptors (Lipinski definition) is 2. The van der Waals surface area contributed by atoms with E-state index in [1.807, 2.05) is 13.0 Å². The molecule has 0 N–H and O–H groups in total. The molecule has 2 nitrogen and oxygen atoms in total. The topological polar surface area (TPSA) is 6.48 Å². The fourth-order valence-electron chi connectivity index (χ4n) is 3.51. The van der Waals surface area contributed by atoms with Crippen LogP contribution < -0.4 is 4.90 Å². The fourth-order valence-corrected chi connectivity index (χ4v) is 3.51. The maximum Gasteiger partial charge on any atom is 0.111 e. The molecule has 2 aliphatic rings. The molecule has 0 aliphatic carbocycles. The zero-order chi connectivity index (χ0) is 16.3. The third-order valence-corrected chi connectivity index (χ3v) is 4.49. The number of aryl methyl sites for hydroxylation is 1. The first kappa shape index (κ1) is 13.0. The minimum atomic E-state index is -0.689. The Bertz CT molecular complexity index is 664. The van der Waals surface area contributed by atoms with E-state index in [-0.39, 0.29) is 11.6 Å². The van der Waals surface area contributed by atoms with E-state index >= 15 is 0 Å². The molecular formula is C19H26N2. The number of rotatable bonds is 1. The second kappa shape index (κ2) is 4.66. The van der Waals surface area contributed by atoms with E-state index in [0.29, 0.717) is 0 Å². The van der Waals surface area contributed by atoms with Crippen LogP contribution in [-0.4, -0.2) is 17.1 Å². The lowest BCUT2D eigenvalue weighted by Crippen LogP contribution is -2.51. The van der Waals surface area contributed by atoms with Crippen molar-refractivity contribution in [2.75, 3.05) is 4.90 Å². The van der Waals surface area contributed by atoms with Gasteiger partial charge < -0.3 is 9.80 Å². The number of allylic oxidation sites excluding steroid dienone is 2. The summed E-state index contributed by atoms with van der Waals surface area (Å²) in [5.74, 6) is 0. The smallest absolute Gasteiger partial charge is 0.111 e. The van der Waals surface area contributed by atoms with Gasteiger partial charge in [0.1, 0.15) is 6.17 Å². The average molecular weight is 283 g/mol. The van der Waals surface area contributed by atoms with E-state index in [4.69, 9.17) is 1.37 Å². The van der Waals surface area contributed by atoms with Crippen LogP contribution in [0.3, 0.4) is 0 Å². The van der Waals surface area contributed by atoms with Crippen LogP contribution in [0.5, 0.6) is 0 Å². The lowest BCUT2D eigenvalue weighted by molar-refractivity contribution is 0.145. The van der Waals surface area contributed by atoms with Crippen molar-refractivity contribution in [2.45, 2.75) is 53.7 Å². The molecule has 0 saturated carbocycles. The lowest BCUT2D eigenvalue weighted by Gasteiger charge is -2.44. The summed E-state index contributed by atoms with van der Waals surface area (Å²) in [4.78, 5) is 4.68. The summed E-state index contributed by atoms with van der Waals surface area (Å²) in [6, 6.07) is 7.84. The van der Waals surface area contributed by atoms with Crippen LogP contribution in [0.15, 0.2) is 47.8 Å². The number of nitrogens with zero attached hydrogens (tertiary/aromatic N) is 2. The average Bonchev–Trinajstić information content (AvgIpc) is 2.87. The number of para-hydroxylation sites is 1. The summed E-state index contributed by atoms with van der Waals surface area (Å²) in [6.07, 6.45) is 4.25. The van der Waals surface area contributed by atoms with Crippen LogP contribution in [-0.2, 0) is 0 Å². The molecular weight excluding hydrogens is 256 g/mol. The van der Waals surface area contributed by atoms with Crippen molar-refractivity contribution < 1.29 is 1.37 Å². The van der Waals surface area contributed by atoms with E-state index in [2.05, 4.69) is 74.8 Å². The zero-order valence-electron chi connectivity index (χ0n) is 14.9. The van der Waals surface area contributed by atoms with Crippen LogP contribution in [0.1, 0.15) is 41.6 Å². The minimum absolute atomic E-state index is 0.0274. The molecule has 0 bridgehead atoms. The molecule has 1 aromatic carbocycles. The third kappa shape index (κ3) is 2.08. The van der Waals surface area contributed by atoms with E-state index in [9.17, 15) is 0 Å². The SMILES string of the molecule is [2H]C1(C)C=CC2=C(C)N(c3ccccc3C)C(C(C)(C)C)N21. The first-order valence-electron chi connectivity index (χ1n) is 8.19. The van der Waals surface area contributed by atoms with Crippen LogP contribution in [0.4, 0.5) is 5.69 Å². The Balaban J connectivity index is 2.19. The largest absolute Gasteiger partial charge is 0.343 e. The van der Waals surface area contributed by atoms with Crippen molar-refractivity contribution in [3.63, 3.8) is 0 Å². The molecule has 0 amide bonds. The van der Waals surface area contributed by atoms with Gasteiger partial charge in [-0.3, -0.25) is 0 Å². The molecule has 0 aromatic heterocycles. The van der Waals surface area contributed by atoms with Gasteiger partial charge in [0, 0.05) is 22.8 Å². The highest BCUT2D eigenvalue weighted by Crippen LogP contribution is 2.45. The number of hydrogen-bond donors (Lipinski definition) is 0. The molecule has 2 heteroatoms. The highest BCUT2D eigenvalue weighted by molar-refractivity contribution is 5.62. The second-order valence-corrected chi connectivity index (χ2v) is 7.21. The molecule has 21 heavy (non-hydrogen) atoms. The number of benzene rings is 1. The molecule has 2 heterocycles. The van der Waals surface area contributed by atoms with Crippen molar-refractivity contribution in [1.29, 1.82) is 0 Å². The zero-order valence-corrected chi connectivity index (χ0v) is 13.9. The van der Waals surface area contributed by atoms with Gasteiger partial charge in [0.05, 0.1) is 7.07 Å².